The Kier molecular flexibility index (Phi) is 5.64. The van der Waals surface area contributed by atoms with E-state index in [1.54, 1.807) is 23.2 Å². The van der Waals surface area contributed by atoms with Gasteiger partial charge in [-0.05, 0) is 51.0 Å². The number of carbonyl (C=O) groups excluding carboxylic acids is 1. The van der Waals surface area contributed by atoms with Gasteiger partial charge >= 0.3 is 0 Å². The maximum Gasteiger partial charge on any atom is 0.241 e. The molecule has 2 aromatic rings. The molecule has 0 bridgehead atoms. The van der Waals surface area contributed by atoms with E-state index in [0.717, 1.165) is 35.7 Å². The number of halogens is 1. The number of carbonyl (C=O) groups is 1. The predicted octanol–water partition coefficient (Wildman–Crippen LogP) is 4.29. The Balaban J connectivity index is 1.80. The first-order valence-corrected chi connectivity index (χ1v) is 10.8. The fourth-order valence-corrected chi connectivity index (χ4v) is 4.49. The normalized spacial score (nSPS) is 18.7. The number of benzene rings is 1. The third kappa shape index (κ3) is 3.74. The van der Waals surface area contributed by atoms with Crippen molar-refractivity contribution in [3.63, 3.8) is 0 Å². The average molecular weight is 412 g/mol. The van der Waals surface area contributed by atoms with E-state index in [1.807, 2.05) is 24.6 Å². The van der Waals surface area contributed by atoms with Gasteiger partial charge in [0.2, 0.25) is 5.91 Å². The number of nitrogens with one attached hydrogen (secondary N) is 1. The van der Waals surface area contributed by atoms with Crippen LogP contribution >= 0.6 is 0 Å². The van der Waals surface area contributed by atoms with Gasteiger partial charge in [-0.3, -0.25) is 9.36 Å². The van der Waals surface area contributed by atoms with E-state index in [9.17, 15) is 9.18 Å². The summed E-state index contributed by atoms with van der Waals surface area (Å²) in [6.45, 7) is 3.87. The molecule has 0 radical (unpaired) electrons. The molecule has 1 aliphatic heterocycles. The van der Waals surface area contributed by atoms with Crippen molar-refractivity contribution in [1.82, 2.24) is 14.5 Å². The summed E-state index contributed by atoms with van der Waals surface area (Å²) in [6, 6.07) is 6.78. The zero-order valence-electron chi connectivity index (χ0n) is 17.7. The second-order valence-electron chi connectivity index (χ2n) is 8.67. The molecule has 0 saturated heterocycles. The number of nitrogens with zero attached hydrogens (tertiary/aromatic N) is 3. The molecule has 7 heteroatoms. The summed E-state index contributed by atoms with van der Waals surface area (Å²) in [6.07, 6.45) is 10.9. The Labute approximate surface area is 177 Å². The van der Waals surface area contributed by atoms with Crippen LogP contribution in [0.3, 0.4) is 0 Å². The predicted molar refractivity (Wildman–Crippen MR) is 117 cm³/mol. The average Bonchev–Trinajstić information content (AvgIpc) is 2.91. The topological polar surface area (TPSA) is 76.2 Å². The molecule has 1 amide bonds. The zero-order chi connectivity index (χ0) is 21.3. The molecule has 0 atom stereocenters. The maximum atomic E-state index is 13.5. The van der Waals surface area contributed by atoms with Gasteiger partial charge in [-0.1, -0.05) is 25.7 Å². The van der Waals surface area contributed by atoms with Gasteiger partial charge < -0.3 is 16.0 Å². The van der Waals surface area contributed by atoms with Gasteiger partial charge in [0.05, 0.1) is 6.54 Å². The smallest absolute Gasteiger partial charge is 0.241 e. The monoisotopic (exact) mass is 411 g/mol. The lowest BCUT2D eigenvalue weighted by atomic mass is 10.0. The van der Waals surface area contributed by atoms with E-state index in [2.05, 4.69) is 5.32 Å². The molecule has 1 aliphatic carbocycles. The van der Waals surface area contributed by atoms with Crippen LogP contribution in [0.2, 0.25) is 0 Å². The third-order valence-corrected chi connectivity index (χ3v) is 6.18. The fraction of sp³-hybridized carbons (Fsp3) is 0.478. The lowest BCUT2D eigenvalue weighted by molar-refractivity contribution is -0.132. The van der Waals surface area contributed by atoms with Gasteiger partial charge in [0.15, 0.2) is 0 Å². The third-order valence-electron chi connectivity index (χ3n) is 6.18. The van der Waals surface area contributed by atoms with Crippen LogP contribution in [0.15, 0.2) is 30.5 Å². The van der Waals surface area contributed by atoms with Gasteiger partial charge in [-0.25, -0.2) is 9.37 Å². The van der Waals surface area contributed by atoms with Crippen molar-refractivity contribution >= 4 is 17.9 Å². The van der Waals surface area contributed by atoms with Crippen LogP contribution in [0.4, 0.5) is 10.2 Å². The van der Waals surface area contributed by atoms with Crippen molar-refractivity contribution in [3.05, 3.63) is 42.1 Å². The molecular formula is C23H30FN5O. The summed E-state index contributed by atoms with van der Waals surface area (Å²) < 4.78 is 15.6. The van der Waals surface area contributed by atoms with E-state index >= 15 is 0 Å². The highest BCUT2D eigenvalue weighted by atomic mass is 19.1. The molecule has 3 N–H and O–H groups in total. The van der Waals surface area contributed by atoms with Crippen LogP contribution in [-0.4, -0.2) is 32.9 Å². The quantitative estimate of drug-likeness (QED) is 0.736. The lowest BCUT2D eigenvalue weighted by Gasteiger charge is -2.38. The van der Waals surface area contributed by atoms with Crippen LogP contribution in [0.1, 0.15) is 58.2 Å². The molecule has 6 nitrogen and oxygen atoms in total. The minimum Gasteiger partial charge on any atom is -0.367 e. The van der Waals surface area contributed by atoms with Gasteiger partial charge in [0.25, 0.3) is 0 Å². The van der Waals surface area contributed by atoms with E-state index in [0.29, 0.717) is 6.04 Å². The second-order valence-corrected chi connectivity index (χ2v) is 8.67. The number of fused-ring (bicyclic) bond motifs is 1. The largest absolute Gasteiger partial charge is 0.367 e. The van der Waals surface area contributed by atoms with Crippen LogP contribution in [-0.2, 0) is 10.3 Å². The van der Waals surface area contributed by atoms with Crippen molar-refractivity contribution in [2.24, 2.45) is 5.73 Å². The molecule has 160 valence electrons. The molecule has 1 aromatic heterocycles. The first-order chi connectivity index (χ1) is 14.4. The summed E-state index contributed by atoms with van der Waals surface area (Å²) in [5, 5.41) is 3.73. The highest BCUT2D eigenvalue weighted by Gasteiger charge is 2.39. The van der Waals surface area contributed by atoms with Gasteiger partial charge in [-0.2, -0.15) is 0 Å². The molecule has 0 unspecified atom stereocenters. The number of nitrogens with two attached hydrogens (primary N) is 1. The standard InChI is InChI=1S/C23H30FN5O/c1-23(2)22-27-20(16-9-11-17(24)12-10-16)21(26-18-7-5-3-4-6-8-18)28(22)13-14-29(23)19(30)15-25/h9-14,18,26H,3-8,15,25H2,1-2H3. The minimum atomic E-state index is -0.663. The minimum absolute atomic E-state index is 0.0630. The van der Waals surface area contributed by atoms with E-state index < -0.39 is 5.54 Å². The van der Waals surface area contributed by atoms with Gasteiger partial charge in [-0.15, -0.1) is 0 Å². The number of anilines is 1. The highest BCUT2D eigenvalue weighted by Crippen LogP contribution is 2.39. The van der Waals surface area contributed by atoms with Crippen LogP contribution in [0, 0.1) is 5.82 Å². The Morgan fingerprint density at radius 2 is 1.83 bits per heavy atom. The Morgan fingerprint density at radius 1 is 1.17 bits per heavy atom. The van der Waals surface area contributed by atoms with Crippen molar-refractivity contribution in [3.8, 4) is 11.3 Å². The highest BCUT2D eigenvalue weighted by molar-refractivity contribution is 5.82. The number of amides is 1. The molecule has 30 heavy (non-hydrogen) atoms. The van der Waals surface area contributed by atoms with Crippen molar-refractivity contribution in [2.45, 2.75) is 64.0 Å². The Hall–Kier alpha value is -2.67. The molecule has 1 fully saturated rings. The van der Waals surface area contributed by atoms with E-state index in [4.69, 9.17) is 10.7 Å². The Morgan fingerprint density at radius 3 is 2.47 bits per heavy atom. The first kappa shape index (κ1) is 20.6. The molecule has 0 spiro atoms. The number of rotatable bonds is 4. The van der Waals surface area contributed by atoms with E-state index in [1.165, 1.54) is 37.8 Å². The molecular weight excluding hydrogens is 381 g/mol. The maximum absolute atomic E-state index is 13.5. The van der Waals surface area contributed by atoms with Crippen LogP contribution in [0.5, 0.6) is 0 Å². The number of aromatic nitrogens is 2. The lowest BCUT2D eigenvalue weighted by Crippen LogP contribution is -2.47. The van der Waals surface area contributed by atoms with Gasteiger partial charge in [0, 0.05) is 24.0 Å². The van der Waals surface area contributed by atoms with Crippen molar-refractivity contribution < 1.29 is 9.18 Å². The molecule has 1 aromatic carbocycles. The summed E-state index contributed by atoms with van der Waals surface area (Å²) in [7, 11) is 0. The van der Waals surface area contributed by atoms with Crippen molar-refractivity contribution in [1.29, 1.82) is 0 Å². The molecule has 2 heterocycles. The van der Waals surface area contributed by atoms with Crippen molar-refractivity contribution in [2.75, 3.05) is 11.9 Å². The Bertz CT molecular complexity index is 939. The van der Waals surface area contributed by atoms with Crippen LogP contribution < -0.4 is 11.1 Å². The van der Waals surface area contributed by atoms with Crippen LogP contribution in [0.25, 0.3) is 17.5 Å². The summed E-state index contributed by atoms with van der Waals surface area (Å²) in [4.78, 5) is 19.0. The first-order valence-electron chi connectivity index (χ1n) is 10.8. The molecule has 1 saturated carbocycles. The van der Waals surface area contributed by atoms with Gasteiger partial charge in [0.1, 0.15) is 28.7 Å². The fourth-order valence-electron chi connectivity index (χ4n) is 4.49. The SMILES string of the molecule is CC1(C)c2nc(-c3ccc(F)cc3)c(NC3CCCCCC3)n2C=CN1C(=O)CN. The summed E-state index contributed by atoms with van der Waals surface area (Å²) >= 11 is 0. The number of hydrogen-bond donors (Lipinski definition) is 2. The summed E-state index contributed by atoms with van der Waals surface area (Å²) in [5.74, 6) is 1.21. The van der Waals surface area contributed by atoms with E-state index in [-0.39, 0.29) is 18.3 Å². The second kappa shape index (κ2) is 8.22. The summed E-state index contributed by atoms with van der Waals surface area (Å²) in [5.41, 5.74) is 6.57. The zero-order valence-corrected chi connectivity index (χ0v) is 17.7. The molecule has 2 aliphatic rings. The number of hydrogen-bond acceptors (Lipinski definition) is 4. The number of imidazole rings is 1. The molecule has 4 rings (SSSR count).